The second-order valence-corrected chi connectivity index (χ2v) is 17.9. The number of hydrogen-bond acceptors (Lipinski definition) is 2. The topological polar surface area (TPSA) is 6.48 Å². The molecule has 0 N–H and O–H groups in total. The monoisotopic (exact) mass is 748 g/mol. The molecule has 58 heavy (non-hydrogen) atoms. The molecular formula is C56H48N2. The lowest BCUT2D eigenvalue weighted by atomic mass is 9.87. The van der Waals surface area contributed by atoms with E-state index in [0.29, 0.717) is 0 Å². The van der Waals surface area contributed by atoms with Crippen molar-refractivity contribution in [3.05, 3.63) is 193 Å². The first kappa shape index (κ1) is 35.8. The number of benzene rings is 10. The van der Waals surface area contributed by atoms with Gasteiger partial charge >= 0.3 is 0 Å². The Morgan fingerprint density at radius 1 is 0.276 bits per heavy atom. The van der Waals surface area contributed by atoms with Crippen LogP contribution in [0.25, 0.3) is 53.9 Å². The van der Waals surface area contributed by atoms with Crippen molar-refractivity contribution in [2.75, 3.05) is 9.80 Å². The average Bonchev–Trinajstić information content (AvgIpc) is 3.23. The van der Waals surface area contributed by atoms with Crippen LogP contribution in [0.5, 0.6) is 0 Å². The highest BCUT2D eigenvalue weighted by atomic mass is 15.2. The second-order valence-electron chi connectivity index (χ2n) is 17.9. The van der Waals surface area contributed by atoms with Crippen LogP contribution in [0.2, 0.25) is 0 Å². The largest absolute Gasteiger partial charge is 0.309 e. The number of fused-ring (bicyclic) bond motifs is 2. The first-order valence-corrected chi connectivity index (χ1v) is 20.5. The Kier molecular flexibility index (Phi) is 8.32. The van der Waals surface area contributed by atoms with Crippen LogP contribution in [0.15, 0.2) is 182 Å². The lowest BCUT2D eigenvalue weighted by Gasteiger charge is -2.31. The quantitative estimate of drug-likeness (QED) is 0.156. The third kappa shape index (κ3) is 5.94. The van der Waals surface area contributed by atoms with E-state index in [1.807, 2.05) is 0 Å². The summed E-state index contributed by atoms with van der Waals surface area (Å²) in [5.74, 6) is 0. The van der Waals surface area contributed by atoms with Crippen LogP contribution in [-0.2, 0) is 10.8 Å². The zero-order valence-electron chi connectivity index (χ0n) is 34.2. The fourth-order valence-electron chi connectivity index (χ4n) is 9.00. The van der Waals surface area contributed by atoms with E-state index in [9.17, 15) is 0 Å². The standard InChI is InChI=1S/C56H48N2/c1-55(2,3)41-25-29-43(30-26-41)57(49-19-11-15-37-13-7-9-17-45(37)49)51-35-23-39-22-34-48-52(36-24-40-21-33-47(51)53(39)54(40)48)58(44-31-27-42(28-32-44)56(4,5)6)50-20-12-16-38-14-8-10-18-46(38)50/h7-36H,1-6H3. The first-order chi connectivity index (χ1) is 28.0. The van der Waals surface area contributed by atoms with E-state index >= 15 is 0 Å². The number of anilines is 6. The Hall–Kier alpha value is -6.64. The van der Waals surface area contributed by atoms with Crippen LogP contribution < -0.4 is 9.80 Å². The van der Waals surface area contributed by atoms with Crippen molar-refractivity contribution in [2.45, 2.75) is 52.4 Å². The van der Waals surface area contributed by atoms with E-state index in [4.69, 9.17) is 0 Å². The van der Waals surface area contributed by atoms with Crippen molar-refractivity contribution < 1.29 is 0 Å². The molecule has 0 saturated heterocycles. The SMILES string of the molecule is CC(C)(C)c1ccc(N(c2cccc3ccccc23)c2ccc3ccc4c(N(c5ccc(C(C)(C)C)cc5)c5cccc6ccccc56)ccc5ccc2c3c54)cc1. The average molecular weight is 749 g/mol. The normalized spacial score (nSPS) is 12.3. The van der Waals surface area contributed by atoms with Gasteiger partial charge in [-0.15, -0.1) is 0 Å². The van der Waals surface area contributed by atoms with Crippen molar-refractivity contribution in [3.8, 4) is 0 Å². The van der Waals surface area contributed by atoms with Gasteiger partial charge < -0.3 is 9.80 Å². The van der Waals surface area contributed by atoms with E-state index in [2.05, 4.69) is 233 Å². The lowest BCUT2D eigenvalue weighted by Crippen LogP contribution is -2.14. The van der Waals surface area contributed by atoms with Gasteiger partial charge in [0.2, 0.25) is 0 Å². The summed E-state index contributed by atoms with van der Waals surface area (Å²) in [6.45, 7) is 13.7. The van der Waals surface area contributed by atoms with Crippen LogP contribution in [0, 0.1) is 0 Å². The van der Waals surface area contributed by atoms with Gasteiger partial charge in [0.15, 0.2) is 0 Å². The molecule has 0 aliphatic heterocycles. The maximum atomic E-state index is 2.47. The molecule has 0 aliphatic carbocycles. The minimum atomic E-state index is 0.0576. The molecule has 0 saturated carbocycles. The van der Waals surface area contributed by atoms with Crippen molar-refractivity contribution >= 4 is 88.0 Å². The first-order valence-electron chi connectivity index (χ1n) is 20.5. The molecule has 0 atom stereocenters. The van der Waals surface area contributed by atoms with Gasteiger partial charge in [-0.25, -0.2) is 0 Å². The molecule has 0 amide bonds. The molecule has 0 aromatic heterocycles. The molecule has 0 aliphatic rings. The molecule has 10 aromatic rings. The van der Waals surface area contributed by atoms with E-state index in [1.54, 1.807) is 0 Å². The molecule has 0 radical (unpaired) electrons. The van der Waals surface area contributed by atoms with Gasteiger partial charge in [-0.2, -0.15) is 0 Å². The maximum Gasteiger partial charge on any atom is 0.0540 e. The van der Waals surface area contributed by atoms with Crippen LogP contribution in [0.1, 0.15) is 52.7 Å². The van der Waals surface area contributed by atoms with Gasteiger partial charge in [-0.05, 0) is 103 Å². The van der Waals surface area contributed by atoms with Crippen molar-refractivity contribution in [1.82, 2.24) is 0 Å². The summed E-state index contributed by atoms with van der Waals surface area (Å²) in [5, 5.41) is 12.4. The highest BCUT2D eigenvalue weighted by Crippen LogP contribution is 2.49. The van der Waals surface area contributed by atoms with Gasteiger partial charge in [-0.3, -0.25) is 0 Å². The Morgan fingerprint density at radius 3 is 1.02 bits per heavy atom. The predicted octanol–water partition coefficient (Wildman–Crippen LogP) is 16.4. The van der Waals surface area contributed by atoms with Gasteiger partial charge in [0, 0.05) is 32.9 Å². The molecule has 10 rings (SSSR count). The Morgan fingerprint density at radius 2 is 0.621 bits per heavy atom. The molecule has 0 bridgehead atoms. The third-order valence-electron chi connectivity index (χ3n) is 12.1. The molecule has 0 spiro atoms. The Bertz CT molecular complexity index is 2900. The molecule has 2 heteroatoms. The number of nitrogens with zero attached hydrogens (tertiary/aromatic N) is 2. The molecule has 2 nitrogen and oxygen atoms in total. The summed E-state index contributed by atoms with van der Waals surface area (Å²) >= 11 is 0. The molecule has 282 valence electrons. The predicted molar refractivity (Wildman–Crippen MR) is 252 cm³/mol. The van der Waals surface area contributed by atoms with Crippen LogP contribution in [0.4, 0.5) is 34.1 Å². The van der Waals surface area contributed by atoms with Crippen LogP contribution >= 0.6 is 0 Å². The fraction of sp³-hybridized carbons (Fsp3) is 0.143. The van der Waals surface area contributed by atoms with Gasteiger partial charge in [-0.1, -0.05) is 175 Å². The van der Waals surface area contributed by atoms with Crippen molar-refractivity contribution in [3.63, 3.8) is 0 Å². The van der Waals surface area contributed by atoms with E-state index in [1.165, 1.54) is 65.0 Å². The van der Waals surface area contributed by atoms with E-state index in [-0.39, 0.29) is 10.8 Å². The minimum Gasteiger partial charge on any atom is -0.309 e. The fourth-order valence-corrected chi connectivity index (χ4v) is 9.00. The molecule has 0 fully saturated rings. The van der Waals surface area contributed by atoms with E-state index < -0.39 is 0 Å². The molecule has 0 unspecified atom stereocenters. The zero-order valence-corrected chi connectivity index (χ0v) is 34.2. The summed E-state index contributed by atoms with van der Waals surface area (Å²) in [4.78, 5) is 4.95. The summed E-state index contributed by atoms with van der Waals surface area (Å²) in [5.41, 5.74) is 9.69. The lowest BCUT2D eigenvalue weighted by molar-refractivity contribution is 0.590. The van der Waals surface area contributed by atoms with Crippen LogP contribution in [-0.4, -0.2) is 0 Å². The number of rotatable bonds is 6. The van der Waals surface area contributed by atoms with Gasteiger partial charge in [0.1, 0.15) is 0 Å². The van der Waals surface area contributed by atoms with Crippen molar-refractivity contribution in [2.24, 2.45) is 0 Å². The van der Waals surface area contributed by atoms with Gasteiger partial charge in [0.25, 0.3) is 0 Å². The van der Waals surface area contributed by atoms with Crippen LogP contribution in [0.3, 0.4) is 0 Å². The van der Waals surface area contributed by atoms with Crippen molar-refractivity contribution in [1.29, 1.82) is 0 Å². The maximum absolute atomic E-state index is 2.47. The highest BCUT2D eigenvalue weighted by Gasteiger charge is 2.24. The highest BCUT2D eigenvalue weighted by molar-refractivity contribution is 6.28. The minimum absolute atomic E-state index is 0.0576. The second kappa shape index (κ2) is 13.5. The molecule has 0 heterocycles. The third-order valence-corrected chi connectivity index (χ3v) is 12.1. The zero-order chi connectivity index (χ0) is 39.8. The summed E-state index contributed by atoms with van der Waals surface area (Å²) in [7, 11) is 0. The Labute approximate surface area is 341 Å². The van der Waals surface area contributed by atoms with Gasteiger partial charge in [0.05, 0.1) is 22.7 Å². The Balaban J connectivity index is 1.24. The summed E-state index contributed by atoms with van der Waals surface area (Å²) in [6, 6.07) is 67.8. The number of hydrogen-bond donors (Lipinski definition) is 0. The summed E-state index contributed by atoms with van der Waals surface area (Å²) in [6.07, 6.45) is 0. The summed E-state index contributed by atoms with van der Waals surface area (Å²) < 4.78 is 0. The van der Waals surface area contributed by atoms with E-state index in [0.717, 1.165) is 34.1 Å². The molecular weight excluding hydrogens is 701 g/mol. The smallest absolute Gasteiger partial charge is 0.0540 e. The molecule has 10 aromatic carbocycles.